The number of hydrogen-bond donors (Lipinski definition) is 2. The molecule has 0 fully saturated rings. The van der Waals surface area contributed by atoms with E-state index in [1.807, 2.05) is 12.1 Å². The van der Waals surface area contributed by atoms with Crippen molar-refractivity contribution in [3.63, 3.8) is 0 Å². The molecule has 37 heavy (non-hydrogen) atoms. The highest BCUT2D eigenvalue weighted by atomic mass is 127. The number of carboxylic acid groups (broad SMARTS) is 1. The summed E-state index contributed by atoms with van der Waals surface area (Å²) in [5, 5.41) is 9.16. The fourth-order valence-corrected chi connectivity index (χ4v) is 5.36. The first kappa shape index (κ1) is 28.5. The molecule has 0 saturated carbocycles. The third kappa shape index (κ3) is 6.81. The molecule has 0 radical (unpaired) electrons. The third-order valence-corrected chi connectivity index (χ3v) is 7.95. The van der Waals surface area contributed by atoms with Gasteiger partial charge in [0.2, 0.25) is 9.84 Å². The molecule has 1 atom stereocenters. The van der Waals surface area contributed by atoms with Gasteiger partial charge < -0.3 is 15.6 Å². The van der Waals surface area contributed by atoms with Gasteiger partial charge in [-0.05, 0) is 85.3 Å². The van der Waals surface area contributed by atoms with E-state index in [2.05, 4.69) is 32.6 Å². The molecule has 2 aromatic heterocycles. The van der Waals surface area contributed by atoms with Crippen LogP contribution in [0.4, 0.5) is 10.6 Å². The summed E-state index contributed by atoms with van der Waals surface area (Å²) in [6, 6.07) is 15.9. The first-order chi connectivity index (χ1) is 17.2. The Kier molecular flexibility index (Phi) is 8.55. The van der Waals surface area contributed by atoms with Gasteiger partial charge in [-0.15, -0.1) is 0 Å². The minimum atomic E-state index is -4.33. The van der Waals surface area contributed by atoms with Gasteiger partial charge in [-0.25, -0.2) is 23.2 Å². The predicted octanol–water partition coefficient (Wildman–Crippen LogP) is 3.74. The van der Waals surface area contributed by atoms with Crippen LogP contribution < -0.4 is 10.6 Å². The van der Waals surface area contributed by atoms with Crippen LogP contribution in [0.3, 0.4) is 0 Å². The third-order valence-electron chi connectivity index (χ3n) is 5.12. The highest BCUT2D eigenvalue weighted by Gasteiger charge is 2.45. The topological polar surface area (TPSA) is 153 Å². The van der Waals surface area contributed by atoms with E-state index in [9.17, 15) is 23.1 Å². The molecule has 1 unspecified atom stereocenters. The van der Waals surface area contributed by atoms with Gasteiger partial charge in [-0.3, -0.25) is 9.69 Å². The van der Waals surface area contributed by atoms with Crippen molar-refractivity contribution in [2.45, 2.75) is 42.7 Å². The number of rotatable bonds is 8. The lowest BCUT2D eigenvalue weighted by molar-refractivity contribution is -0.135. The number of hydrogen-bond acceptors (Lipinski definition) is 8. The van der Waals surface area contributed by atoms with Crippen molar-refractivity contribution in [2.24, 2.45) is 5.73 Å². The molecule has 0 spiro atoms. The van der Waals surface area contributed by atoms with E-state index in [-0.39, 0.29) is 23.0 Å². The SMILES string of the molecule is CC(C)(C)OC(=O)N(CC(=O)O)c1cccc(C(N)(Cc2ccc(I)cc2)S(=O)(=O)c2ccccn2)n1. The van der Waals surface area contributed by atoms with Gasteiger partial charge in [0, 0.05) is 16.2 Å². The predicted molar refractivity (Wildman–Crippen MR) is 146 cm³/mol. The van der Waals surface area contributed by atoms with E-state index in [0.29, 0.717) is 5.56 Å². The Bertz CT molecular complexity index is 1380. The first-order valence-electron chi connectivity index (χ1n) is 11.1. The number of pyridine rings is 2. The second kappa shape index (κ2) is 11.1. The first-order valence-corrected chi connectivity index (χ1v) is 13.7. The summed E-state index contributed by atoms with van der Waals surface area (Å²) < 4.78 is 34.1. The summed E-state index contributed by atoms with van der Waals surface area (Å²) in [5.74, 6) is -1.43. The Morgan fingerprint density at radius 1 is 1.05 bits per heavy atom. The maximum absolute atomic E-state index is 13.9. The van der Waals surface area contributed by atoms with E-state index in [1.54, 1.807) is 39.0 Å². The Hall–Kier alpha value is -3.10. The highest BCUT2D eigenvalue weighted by Crippen LogP contribution is 2.34. The number of aromatic nitrogens is 2. The lowest BCUT2D eigenvalue weighted by Gasteiger charge is -2.30. The second-order valence-electron chi connectivity index (χ2n) is 9.21. The Morgan fingerprint density at radius 3 is 2.30 bits per heavy atom. The number of amides is 1. The number of aliphatic carboxylic acids is 1. The molecule has 0 aliphatic rings. The molecular weight excluding hydrogens is 611 g/mol. The summed E-state index contributed by atoms with van der Waals surface area (Å²) in [4.78, 5) is 31.5. The Labute approximate surface area is 228 Å². The van der Waals surface area contributed by atoms with Crippen LogP contribution in [-0.2, 0) is 30.7 Å². The van der Waals surface area contributed by atoms with Crippen LogP contribution in [0.2, 0.25) is 0 Å². The van der Waals surface area contributed by atoms with Crippen molar-refractivity contribution in [1.29, 1.82) is 0 Å². The second-order valence-corrected chi connectivity index (χ2v) is 12.6. The van der Waals surface area contributed by atoms with Crippen molar-refractivity contribution >= 4 is 50.3 Å². The maximum atomic E-state index is 13.9. The Balaban J connectivity index is 2.17. The summed E-state index contributed by atoms with van der Waals surface area (Å²) >= 11 is 2.14. The number of carbonyl (C=O) groups excluding carboxylic acids is 1. The van der Waals surface area contributed by atoms with E-state index in [4.69, 9.17) is 10.5 Å². The minimum absolute atomic E-state index is 0.0897. The summed E-state index contributed by atoms with van der Waals surface area (Å²) in [6.07, 6.45) is 0.233. The standard InChI is InChI=1S/C25H27IN4O6S/c1-24(2,3)36-23(33)30(16-22(31)32)20-8-6-7-19(29-20)25(27,15-17-10-12-18(26)13-11-17)37(34,35)21-9-4-5-14-28-21/h4-14H,15-16,27H2,1-3H3,(H,31,32). The lowest BCUT2D eigenvalue weighted by Crippen LogP contribution is -2.48. The largest absolute Gasteiger partial charge is 0.480 e. The van der Waals surface area contributed by atoms with Gasteiger partial charge in [0.15, 0.2) is 9.90 Å². The van der Waals surface area contributed by atoms with Crippen molar-refractivity contribution in [1.82, 2.24) is 9.97 Å². The van der Waals surface area contributed by atoms with Gasteiger partial charge in [0.1, 0.15) is 18.0 Å². The summed E-state index contributed by atoms with van der Waals surface area (Å²) in [5.41, 5.74) is 6.34. The van der Waals surface area contributed by atoms with Crippen LogP contribution in [0.1, 0.15) is 32.0 Å². The van der Waals surface area contributed by atoms with Crippen molar-refractivity contribution in [3.8, 4) is 0 Å². The van der Waals surface area contributed by atoms with Gasteiger partial charge in [-0.2, -0.15) is 0 Å². The minimum Gasteiger partial charge on any atom is -0.480 e. The fourth-order valence-electron chi connectivity index (χ4n) is 3.42. The fraction of sp³-hybridized carbons (Fsp3) is 0.280. The number of nitrogens with zero attached hydrogens (tertiary/aromatic N) is 3. The number of benzene rings is 1. The zero-order chi connectivity index (χ0) is 27.4. The number of anilines is 1. The van der Waals surface area contributed by atoms with E-state index in [0.717, 1.165) is 8.47 Å². The normalized spacial score (nSPS) is 13.4. The van der Waals surface area contributed by atoms with Crippen molar-refractivity contribution < 1.29 is 27.9 Å². The van der Waals surface area contributed by atoms with Crippen molar-refractivity contribution in [3.05, 3.63) is 81.7 Å². The molecule has 3 rings (SSSR count). The zero-order valence-corrected chi connectivity index (χ0v) is 23.4. The highest BCUT2D eigenvalue weighted by molar-refractivity contribution is 14.1. The van der Waals surface area contributed by atoms with Crippen LogP contribution >= 0.6 is 22.6 Å². The van der Waals surface area contributed by atoms with Gasteiger partial charge in [0.25, 0.3) is 0 Å². The van der Waals surface area contributed by atoms with Gasteiger partial charge in [0.05, 0.1) is 5.69 Å². The van der Waals surface area contributed by atoms with E-state index < -0.39 is 38.9 Å². The monoisotopic (exact) mass is 638 g/mol. The summed E-state index contributed by atoms with van der Waals surface area (Å²) in [7, 11) is -4.33. The zero-order valence-electron chi connectivity index (χ0n) is 20.5. The molecule has 3 N–H and O–H groups in total. The van der Waals surface area contributed by atoms with Crippen LogP contribution in [0, 0.1) is 3.57 Å². The molecule has 1 aromatic carbocycles. The molecule has 12 heteroatoms. The number of sulfone groups is 1. The maximum Gasteiger partial charge on any atom is 0.416 e. The number of nitrogens with two attached hydrogens (primary N) is 1. The molecule has 0 aliphatic heterocycles. The number of ether oxygens (including phenoxy) is 1. The molecule has 0 bridgehead atoms. The molecule has 0 saturated heterocycles. The van der Waals surface area contributed by atoms with Gasteiger partial charge >= 0.3 is 12.1 Å². The number of halogens is 1. The molecule has 1 amide bonds. The van der Waals surface area contributed by atoms with Crippen LogP contribution in [0.25, 0.3) is 0 Å². The lowest BCUT2D eigenvalue weighted by atomic mass is 10.0. The molecule has 3 aromatic rings. The molecule has 0 aliphatic carbocycles. The van der Waals surface area contributed by atoms with Crippen LogP contribution in [0.5, 0.6) is 0 Å². The van der Waals surface area contributed by atoms with Crippen LogP contribution in [-0.4, -0.2) is 47.7 Å². The molecule has 10 nitrogen and oxygen atoms in total. The Morgan fingerprint density at radius 2 is 1.73 bits per heavy atom. The molecule has 2 heterocycles. The average molecular weight is 638 g/mol. The summed E-state index contributed by atoms with van der Waals surface area (Å²) in [6.45, 7) is 4.16. The average Bonchev–Trinajstić information content (AvgIpc) is 2.83. The van der Waals surface area contributed by atoms with Gasteiger partial charge in [-0.1, -0.05) is 24.3 Å². The molecular formula is C25H27IN4O6S. The quantitative estimate of drug-likeness (QED) is 0.352. The number of carbonyl (C=O) groups is 2. The van der Waals surface area contributed by atoms with Crippen molar-refractivity contribution in [2.75, 3.05) is 11.4 Å². The van der Waals surface area contributed by atoms with Crippen LogP contribution in [0.15, 0.2) is 71.9 Å². The van der Waals surface area contributed by atoms with E-state index in [1.165, 1.54) is 36.5 Å². The van der Waals surface area contributed by atoms with E-state index >= 15 is 0 Å². The molecule has 196 valence electrons. The number of carboxylic acids is 1. The smallest absolute Gasteiger partial charge is 0.416 e.